The van der Waals surface area contributed by atoms with Gasteiger partial charge in [-0.1, -0.05) is 15.9 Å². The van der Waals surface area contributed by atoms with Crippen molar-refractivity contribution < 1.29 is 24.0 Å². The molecule has 1 N–H and O–H groups in total. The molecule has 0 radical (unpaired) electrons. The summed E-state index contributed by atoms with van der Waals surface area (Å²) in [5, 5.41) is 13.3. The van der Waals surface area contributed by atoms with E-state index in [0.29, 0.717) is 4.47 Å². The Morgan fingerprint density at radius 3 is 2.56 bits per heavy atom. The van der Waals surface area contributed by atoms with E-state index in [0.717, 1.165) is 11.0 Å². The van der Waals surface area contributed by atoms with E-state index in [1.165, 1.54) is 31.4 Å². The maximum absolute atomic E-state index is 12.4. The number of nitrogens with one attached hydrogen (secondary N) is 1. The second-order valence-electron chi connectivity index (χ2n) is 5.58. The van der Waals surface area contributed by atoms with Crippen molar-refractivity contribution in [2.45, 2.75) is 0 Å². The number of non-ortho nitro benzene ring substituents is 1. The molecule has 9 nitrogen and oxygen atoms in total. The predicted octanol–water partition coefficient (Wildman–Crippen LogP) is 2.60. The molecule has 2 aromatic rings. The van der Waals surface area contributed by atoms with E-state index in [1.807, 2.05) is 0 Å². The van der Waals surface area contributed by atoms with Gasteiger partial charge in [-0.15, -0.1) is 0 Å². The summed E-state index contributed by atoms with van der Waals surface area (Å²) >= 11 is 3.24. The van der Waals surface area contributed by atoms with Gasteiger partial charge in [-0.2, -0.15) is 0 Å². The quantitative estimate of drug-likeness (QED) is 0.439. The number of halogens is 1. The van der Waals surface area contributed by atoms with E-state index < -0.39 is 29.2 Å². The van der Waals surface area contributed by atoms with Crippen LogP contribution in [-0.4, -0.2) is 41.2 Å². The highest BCUT2D eigenvalue weighted by molar-refractivity contribution is 9.10. The monoisotopic (exact) mass is 433 g/mol. The number of carbonyl (C=O) groups excluding carboxylic acids is 3. The minimum Gasteiger partial charge on any atom is -0.494 e. The Morgan fingerprint density at radius 2 is 1.89 bits per heavy atom. The molecule has 1 aliphatic heterocycles. The van der Waals surface area contributed by atoms with Crippen molar-refractivity contribution in [3.05, 3.63) is 62.1 Å². The molecule has 0 spiro atoms. The fourth-order valence-electron chi connectivity index (χ4n) is 2.64. The SMILES string of the molecule is COc1cc([N+](=O)[O-])ccc1NC(=O)CN1C(=O)c2ccc(Br)cc2C1=O. The number of nitrogens with zero attached hydrogens (tertiary/aromatic N) is 2. The first kappa shape index (κ1) is 18.5. The van der Waals surface area contributed by atoms with Crippen LogP contribution in [0.25, 0.3) is 0 Å². The number of amides is 3. The van der Waals surface area contributed by atoms with E-state index in [9.17, 15) is 24.5 Å². The van der Waals surface area contributed by atoms with Crippen LogP contribution in [0.2, 0.25) is 0 Å². The van der Waals surface area contributed by atoms with Gasteiger partial charge in [0.05, 0.1) is 34.9 Å². The van der Waals surface area contributed by atoms with Gasteiger partial charge in [-0.25, -0.2) is 0 Å². The van der Waals surface area contributed by atoms with Crippen molar-refractivity contribution >= 4 is 45.0 Å². The van der Waals surface area contributed by atoms with E-state index in [-0.39, 0.29) is 28.3 Å². The second-order valence-corrected chi connectivity index (χ2v) is 6.49. The number of imide groups is 1. The number of hydrogen-bond acceptors (Lipinski definition) is 6. The molecule has 0 aliphatic carbocycles. The number of rotatable bonds is 5. The van der Waals surface area contributed by atoms with Crippen LogP contribution in [0.3, 0.4) is 0 Å². The summed E-state index contributed by atoms with van der Waals surface area (Å²) in [7, 11) is 1.30. The lowest BCUT2D eigenvalue weighted by Crippen LogP contribution is -2.37. The molecule has 27 heavy (non-hydrogen) atoms. The Balaban J connectivity index is 1.76. The van der Waals surface area contributed by atoms with Crippen LogP contribution >= 0.6 is 15.9 Å². The van der Waals surface area contributed by atoms with Gasteiger partial charge < -0.3 is 10.1 Å². The number of ether oxygens (including phenoxy) is 1. The van der Waals surface area contributed by atoms with Gasteiger partial charge >= 0.3 is 0 Å². The fraction of sp³-hybridized carbons (Fsp3) is 0.118. The average Bonchev–Trinajstić information content (AvgIpc) is 2.86. The number of carbonyl (C=O) groups is 3. The smallest absolute Gasteiger partial charge is 0.273 e. The summed E-state index contributed by atoms with van der Waals surface area (Å²) in [5.74, 6) is -1.69. The molecule has 138 valence electrons. The summed E-state index contributed by atoms with van der Waals surface area (Å²) in [6.07, 6.45) is 0. The molecule has 0 fully saturated rings. The Labute approximate surface area is 161 Å². The topological polar surface area (TPSA) is 119 Å². The van der Waals surface area contributed by atoms with Crippen LogP contribution in [0, 0.1) is 10.1 Å². The Bertz CT molecular complexity index is 991. The highest BCUT2D eigenvalue weighted by atomic mass is 79.9. The zero-order chi connectivity index (χ0) is 19.7. The Kier molecular flexibility index (Phi) is 4.91. The number of nitro groups is 1. The highest BCUT2D eigenvalue weighted by Gasteiger charge is 2.36. The predicted molar refractivity (Wildman–Crippen MR) is 97.8 cm³/mol. The van der Waals surface area contributed by atoms with Crippen molar-refractivity contribution in [2.24, 2.45) is 0 Å². The summed E-state index contributed by atoms with van der Waals surface area (Å²) in [6.45, 7) is -0.496. The van der Waals surface area contributed by atoms with Gasteiger partial charge in [0.15, 0.2) is 0 Å². The number of hydrogen-bond donors (Lipinski definition) is 1. The molecule has 1 aliphatic rings. The number of anilines is 1. The van der Waals surface area contributed by atoms with Crippen LogP contribution in [0.15, 0.2) is 40.9 Å². The first-order chi connectivity index (χ1) is 12.8. The third kappa shape index (κ3) is 3.51. The van der Waals surface area contributed by atoms with E-state index in [4.69, 9.17) is 4.74 Å². The molecule has 2 aromatic carbocycles. The number of nitro benzene ring substituents is 1. The molecule has 0 saturated carbocycles. The lowest BCUT2D eigenvalue weighted by atomic mass is 10.1. The third-order valence-electron chi connectivity index (χ3n) is 3.90. The van der Waals surface area contributed by atoms with Crippen LogP contribution in [0.5, 0.6) is 5.75 Å². The normalized spacial score (nSPS) is 12.7. The third-order valence-corrected chi connectivity index (χ3v) is 4.40. The molecule has 0 saturated heterocycles. The van der Waals surface area contributed by atoms with Crippen LogP contribution in [0.1, 0.15) is 20.7 Å². The zero-order valence-electron chi connectivity index (χ0n) is 13.9. The standard InChI is InChI=1S/C17H12BrN3O6/c1-27-14-7-10(21(25)26)3-5-13(14)19-15(22)8-20-16(23)11-4-2-9(18)6-12(11)17(20)24/h2-7H,8H2,1H3,(H,19,22). The maximum atomic E-state index is 12.4. The van der Waals surface area contributed by atoms with Crippen molar-refractivity contribution in [3.8, 4) is 5.75 Å². The fourth-order valence-corrected chi connectivity index (χ4v) is 3.00. The number of benzene rings is 2. The number of methoxy groups -OCH3 is 1. The molecule has 0 unspecified atom stereocenters. The van der Waals surface area contributed by atoms with Gasteiger partial charge in [-0.05, 0) is 24.3 Å². The summed E-state index contributed by atoms with van der Waals surface area (Å²) in [6, 6.07) is 8.35. The molecular formula is C17H12BrN3O6. The Morgan fingerprint density at radius 1 is 1.19 bits per heavy atom. The second kappa shape index (κ2) is 7.16. The van der Waals surface area contributed by atoms with Crippen LogP contribution in [-0.2, 0) is 4.79 Å². The summed E-state index contributed by atoms with van der Waals surface area (Å²) in [4.78, 5) is 48.1. The molecule has 0 atom stereocenters. The summed E-state index contributed by atoms with van der Waals surface area (Å²) < 4.78 is 5.68. The minimum atomic E-state index is -0.643. The molecular weight excluding hydrogens is 422 g/mol. The number of fused-ring (bicyclic) bond motifs is 1. The first-order valence-electron chi connectivity index (χ1n) is 7.60. The Hall–Kier alpha value is -3.27. The molecule has 10 heteroatoms. The van der Waals surface area contributed by atoms with Gasteiger partial charge in [0.25, 0.3) is 17.5 Å². The van der Waals surface area contributed by atoms with Crippen molar-refractivity contribution in [3.63, 3.8) is 0 Å². The van der Waals surface area contributed by atoms with E-state index in [2.05, 4.69) is 21.2 Å². The lowest BCUT2D eigenvalue weighted by Gasteiger charge is -2.15. The molecule has 1 heterocycles. The van der Waals surface area contributed by atoms with E-state index >= 15 is 0 Å². The van der Waals surface area contributed by atoms with E-state index in [1.54, 1.807) is 6.07 Å². The highest BCUT2D eigenvalue weighted by Crippen LogP contribution is 2.29. The molecule has 3 rings (SSSR count). The lowest BCUT2D eigenvalue weighted by molar-refractivity contribution is -0.384. The maximum Gasteiger partial charge on any atom is 0.273 e. The minimum absolute atomic E-state index is 0.0869. The molecule has 0 bridgehead atoms. The molecule has 3 amide bonds. The van der Waals surface area contributed by atoms with Gasteiger partial charge in [0, 0.05) is 10.5 Å². The van der Waals surface area contributed by atoms with Crippen molar-refractivity contribution in [1.29, 1.82) is 0 Å². The largest absolute Gasteiger partial charge is 0.494 e. The van der Waals surface area contributed by atoms with Crippen molar-refractivity contribution in [1.82, 2.24) is 4.90 Å². The molecule has 0 aromatic heterocycles. The zero-order valence-corrected chi connectivity index (χ0v) is 15.5. The summed E-state index contributed by atoms with van der Waals surface area (Å²) in [5.41, 5.74) is 0.433. The van der Waals surface area contributed by atoms with Gasteiger partial charge in [0.1, 0.15) is 12.3 Å². The van der Waals surface area contributed by atoms with Crippen molar-refractivity contribution in [2.75, 3.05) is 19.0 Å². The van der Waals surface area contributed by atoms with Crippen LogP contribution < -0.4 is 10.1 Å². The van der Waals surface area contributed by atoms with Gasteiger partial charge in [-0.3, -0.25) is 29.4 Å². The average molecular weight is 434 g/mol. The first-order valence-corrected chi connectivity index (χ1v) is 8.39. The van der Waals surface area contributed by atoms with Gasteiger partial charge in [0.2, 0.25) is 5.91 Å². The van der Waals surface area contributed by atoms with Crippen LogP contribution in [0.4, 0.5) is 11.4 Å².